The Morgan fingerprint density at radius 2 is 1.76 bits per heavy atom. The lowest BCUT2D eigenvalue weighted by Gasteiger charge is -2.26. The number of amides is 1. The van der Waals surface area contributed by atoms with Crippen LogP contribution in [0.3, 0.4) is 0 Å². The number of carbonyl (C=O) groups excluding carboxylic acids is 1. The maximum absolute atomic E-state index is 13.5. The molecule has 0 aromatic heterocycles. The van der Waals surface area contributed by atoms with Crippen LogP contribution in [0.2, 0.25) is 5.02 Å². The van der Waals surface area contributed by atoms with Crippen molar-refractivity contribution < 1.29 is 17.9 Å². The molecule has 0 atom stereocenters. The van der Waals surface area contributed by atoms with E-state index in [2.05, 4.69) is 5.32 Å². The number of hydrogen-bond donors (Lipinski definition) is 1. The van der Waals surface area contributed by atoms with Crippen molar-refractivity contribution in [1.82, 2.24) is 5.32 Å². The van der Waals surface area contributed by atoms with E-state index in [0.29, 0.717) is 27.6 Å². The number of rotatable bonds is 8. The number of halogens is 1. The van der Waals surface area contributed by atoms with Crippen molar-refractivity contribution in [2.75, 3.05) is 18.0 Å². The van der Waals surface area contributed by atoms with E-state index >= 15 is 0 Å². The average molecular weight is 484 g/mol. The summed E-state index contributed by atoms with van der Waals surface area (Å²) in [6.07, 6.45) is 0. The zero-order valence-corrected chi connectivity index (χ0v) is 19.7. The van der Waals surface area contributed by atoms with Crippen molar-refractivity contribution in [2.45, 2.75) is 18.4 Å². The summed E-state index contributed by atoms with van der Waals surface area (Å²) in [5.41, 5.74) is 1.99. The number of benzene rings is 3. The first kappa shape index (κ1) is 24.1. The highest BCUT2D eigenvalue weighted by Crippen LogP contribution is 2.30. The molecule has 1 N–H and O–H groups in total. The Kier molecular flexibility index (Phi) is 7.59. The van der Waals surface area contributed by atoms with Crippen LogP contribution in [0.1, 0.15) is 16.7 Å². The first-order valence-corrected chi connectivity index (χ1v) is 11.8. The number of sulfonamides is 1. The Bertz CT molecular complexity index is 1280. The van der Waals surface area contributed by atoms with Crippen LogP contribution in [0.15, 0.2) is 71.6 Å². The predicted molar refractivity (Wildman–Crippen MR) is 127 cm³/mol. The van der Waals surface area contributed by atoms with Gasteiger partial charge in [0, 0.05) is 11.6 Å². The number of hydrogen-bond acceptors (Lipinski definition) is 5. The van der Waals surface area contributed by atoms with Gasteiger partial charge in [0.25, 0.3) is 10.0 Å². The maximum atomic E-state index is 13.5. The molecule has 33 heavy (non-hydrogen) atoms. The summed E-state index contributed by atoms with van der Waals surface area (Å²) in [5.74, 6) is 0.212. The number of nitrogens with zero attached hydrogens (tertiary/aromatic N) is 2. The van der Waals surface area contributed by atoms with Crippen LogP contribution >= 0.6 is 11.6 Å². The minimum absolute atomic E-state index is 0.0381. The van der Waals surface area contributed by atoms with Crippen molar-refractivity contribution in [3.8, 4) is 11.8 Å². The van der Waals surface area contributed by atoms with Gasteiger partial charge in [0.15, 0.2) is 0 Å². The quantitative estimate of drug-likeness (QED) is 0.521. The SMILES string of the molecule is COc1ccc(CNC(=O)CN(c2cccc(Cl)c2C)S(=O)(=O)c2ccc(C#N)cc2)cc1. The first-order chi connectivity index (χ1) is 15.8. The van der Waals surface area contributed by atoms with E-state index in [1.54, 1.807) is 44.4 Å². The minimum Gasteiger partial charge on any atom is -0.497 e. The van der Waals surface area contributed by atoms with Crippen LogP contribution < -0.4 is 14.4 Å². The predicted octanol–water partition coefficient (Wildman–Crippen LogP) is 4.04. The lowest BCUT2D eigenvalue weighted by molar-refractivity contribution is -0.119. The molecule has 0 fully saturated rings. The molecule has 9 heteroatoms. The third-order valence-electron chi connectivity index (χ3n) is 5.02. The number of nitriles is 1. The summed E-state index contributed by atoms with van der Waals surface area (Å²) in [7, 11) is -2.55. The molecule has 0 heterocycles. The van der Waals surface area contributed by atoms with Crippen LogP contribution in [-0.4, -0.2) is 28.0 Å². The van der Waals surface area contributed by atoms with Gasteiger partial charge in [0.05, 0.1) is 29.3 Å². The summed E-state index contributed by atoms with van der Waals surface area (Å²) in [4.78, 5) is 12.7. The van der Waals surface area contributed by atoms with Crippen LogP contribution in [0.5, 0.6) is 5.75 Å². The van der Waals surface area contributed by atoms with Crippen molar-refractivity contribution in [3.63, 3.8) is 0 Å². The van der Waals surface area contributed by atoms with Crippen molar-refractivity contribution in [3.05, 3.63) is 88.4 Å². The first-order valence-electron chi connectivity index (χ1n) is 9.94. The number of carbonyl (C=O) groups is 1. The summed E-state index contributed by atoms with van der Waals surface area (Å²) < 4.78 is 33.1. The number of ether oxygens (including phenoxy) is 1. The summed E-state index contributed by atoms with van der Waals surface area (Å²) in [5, 5.41) is 12.1. The number of anilines is 1. The lowest BCUT2D eigenvalue weighted by Crippen LogP contribution is -2.41. The smallest absolute Gasteiger partial charge is 0.264 e. The monoisotopic (exact) mass is 483 g/mol. The Morgan fingerprint density at radius 1 is 1.09 bits per heavy atom. The molecule has 170 valence electrons. The fraction of sp³-hybridized carbons (Fsp3) is 0.167. The molecule has 7 nitrogen and oxygen atoms in total. The highest BCUT2D eigenvalue weighted by molar-refractivity contribution is 7.92. The van der Waals surface area contributed by atoms with Gasteiger partial charge < -0.3 is 10.1 Å². The second kappa shape index (κ2) is 10.4. The van der Waals surface area contributed by atoms with E-state index in [9.17, 15) is 13.2 Å². The van der Waals surface area contributed by atoms with Crippen LogP contribution in [0.4, 0.5) is 5.69 Å². The average Bonchev–Trinajstić information content (AvgIpc) is 2.83. The van der Waals surface area contributed by atoms with Crippen molar-refractivity contribution in [2.24, 2.45) is 0 Å². The maximum Gasteiger partial charge on any atom is 0.264 e. The molecule has 3 aromatic carbocycles. The molecule has 0 unspecified atom stereocenters. The number of methoxy groups -OCH3 is 1. The second-order valence-corrected chi connectivity index (χ2v) is 9.43. The van der Waals surface area contributed by atoms with Crippen molar-refractivity contribution in [1.29, 1.82) is 5.26 Å². The van der Waals surface area contributed by atoms with Crippen LogP contribution in [-0.2, 0) is 21.4 Å². The molecular weight excluding hydrogens is 462 g/mol. The number of nitrogens with one attached hydrogen (secondary N) is 1. The molecular formula is C24H22ClN3O4S. The molecule has 0 radical (unpaired) electrons. The summed E-state index contributed by atoms with van der Waals surface area (Å²) in [6.45, 7) is 1.47. The van der Waals surface area contributed by atoms with Gasteiger partial charge in [0.2, 0.25) is 5.91 Å². The van der Waals surface area contributed by atoms with Crippen LogP contribution in [0.25, 0.3) is 0 Å². The van der Waals surface area contributed by atoms with Gasteiger partial charge in [-0.1, -0.05) is 29.8 Å². The molecule has 1 amide bonds. The van der Waals surface area contributed by atoms with E-state index in [1.165, 1.54) is 24.3 Å². The van der Waals surface area contributed by atoms with E-state index in [-0.39, 0.29) is 11.4 Å². The summed E-state index contributed by atoms with van der Waals surface area (Å²) in [6, 6.07) is 19.5. The molecule has 0 spiro atoms. The fourth-order valence-corrected chi connectivity index (χ4v) is 4.77. The highest BCUT2D eigenvalue weighted by atomic mass is 35.5. The van der Waals surface area contributed by atoms with Gasteiger partial charge in [-0.2, -0.15) is 5.26 Å². The third kappa shape index (κ3) is 5.64. The Morgan fingerprint density at radius 3 is 2.36 bits per heavy atom. The van der Waals surface area contributed by atoms with E-state index in [0.717, 1.165) is 9.87 Å². The van der Waals surface area contributed by atoms with E-state index in [4.69, 9.17) is 21.6 Å². The van der Waals surface area contributed by atoms with Gasteiger partial charge in [-0.3, -0.25) is 9.10 Å². The normalized spacial score (nSPS) is 10.8. The lowest BCUT2D eigenvalue weighted by atomic mass is 10.2. The Balaban J connectivity index is 1.89. The molecule has 0 aliphatic rings. The molecule has 0 saturated heterocycles. The molecule has 0 bridgehead atoms. The molecule has 3 rings (SSSR count). The van der Waals surface area contributed by atoms with Gasteiger partial charge in [-0.25, -0.2) is 8.42 Å². The topological polar surface area (TPSA) is 99.5 Å². The molecule has 0 aliphatic heterocycles. The van der Waals surface area contributed by atoms with E-state index < -0.39 is 22.5 Å². The molecule has 0 aliphatic carbocycles. The minimum atomic E-state index is -4.12. The van der Waals surface area contributed by atoms with Gasteiger partial charge in [-0.15, -0.1) is 0 Å². The molecule has 0 saturated carbocycles. The summed E-state index contributed by atoms with van der Waals surface area (Å²) >= 11 is 6.23. The standard InChI is InChI=1S/C24H22ClN3O4S/c1-17-22(25)4-3-5-23(17)28(33(30,31)21-12-8-18(14-26)9-13-21)16-24(29)27-15-19-6-10-20(32-2)11-7-19/h3-13H,15-16H2,1-2H3,(H,27,29). The van der Waals surface area contributed by atoms with Gasteiger partial charge >= 0.3 is 0 Å². The fourth-order valence-electron chi connectivity index (χ4n) is 3.12. The third-order valence-corrected chi connectivity index (χ3v) is 7.20. The van der Waals surface area contributed by atoms with Crippen molar-refractivity contribution >= 4 is 33.2 Å². The van der Waals surface area contributed by atoms with E-state index in [1.807, 2.05) is 18.2 Å². The highest BCUT2D eigenvalue weighted by Gasteiger charge is 2.28. The van der Waals surface area contributed by atoms with Crippen LogP contribution in [0, 0.1) is 18.3 Å². The Labute approximate surface area is 198 Å². The van der Waals surface area contributed by atoms with Gasteiger partial charge in [-0.05, 0) is 66.6 Å². The molecule has 3 aromatic rings. The zero-order valence-electron chi connectivity index (χ0n) is 18.1. The second-order valence-electron chi connectivity index (χ2n) is 7.16. The van der Waals surface area contributed by atoms with Gasteiger partial charge in [0.1, 0.15) is 12.3 Å². The zero-order chi connectivity index (χ0) is 24.0. The Hall–Kier alpha value is -3.54. The largest absolute Gasteiger partial charge is 0.497 e.